The van der Waals surface area contributed by atoms with Crippen molar-refractivity contribution in [3.8, 4) is 11.1 Å². The summed E-state index contributed by atoms with van der Waals surface area (Å²) in [6, 6.07) is 11.5. The van der Waals surface area contributed by atoms with Gasteiger partial charge in [-0.3, -0.25) is 9.36 Å². The van der Waals surface area contributed by atoms with Crippen molar-refractivity contribution in [1.29, 1.82) is 0 Å². The van der Waals surface area contributed by atoms with E-state index in [1.54, 1.807) is 17.9 Å². The number of benzene rings is 1. The molecule has 0 N–H and O–H groups in total. The number of methoxy groups -OCH3 is 1. The van der Waals surface area contributed by atoms with Crippen LogP contribution in [0.25, 0.3) is 22.2 Å². The summed E-state index contributed by atoms with van der Waals surface area (Å²) < 4.78 is 6.81. The predicted molar refractivity (Wildman–Crippen MR) is 92.9 cm³/mol. The number of thioether (sulfide) groups is 1. The highest BCUT2D eigenvalue weighted by Gasteiger charge is 2.13. The number of aromatic nitrogens is 3. The molecular formula is C17H17N3O2S. The maximum Gasteiger partial charge on any atom is 0.260 e. The molecular weight excluding hydrogens is 310 g/mol. The zero-order chi connectivity index (χ0) is 16.2. The zero-order valence-corrected chi connectivity index (χ0v) is 13.8. The molecule has 0 amide bonds. The third-order valence-electron chi connectivity index (χ3n) is 3.59. The van der Waals surface area contributed by atoms with Crippen molar-refractivity contribution < 1.29 is 4.74 Å². The van der Waals surface area contributed by atoms with Crippen LogP contribution in [0.15, 0.2) is 52.5 Å². The maximum atomic E-state index is 12.9. The predicted octanol–water partition coefficient (Wildman–Crippen LogP) is 2.83. The summed E-state index contributed by atoms with van der Waals surface area (Å²) in [5, 5.41) is 1.49. The number of fused-ring (bicyclic) bond motifs is 1. The van der Waals surface area contributed by atoms with Crippen LogP contribution in [0.4, 0.5) is 0 Å². The van der Waals surface area contributed by atoms with Gasteiger partial charge in [0.25, 0.3) is 5.56 Å². The Morgan fingerprint density at radius 3 is 2.74 bits per heavy atom. The molecule has 0 radical (unpaired) electrons. The van der Waals surface area contributed by atoms with Crippen LogP contribution in [-0.4, -0.2) is 34.5 Å². The molecule has 0 bridgehead atoms. The Bertz CT molecular complexity index is 878. The average Bonchev–Trinajstić information content (AvgIpc) is 2.61. The first-order chi connectivity index (χ1) is 11.2. The number of pyridine rings is 1. The SMILES string of the molecule is COCCn1c(=O)c(-c2ccccc2)cc2cnc(SC)nc21. The Kier molecular flexibility index (Phi) is 4.73. The fraction of sp³-hybridized carbons (Fsp3) is 0.235. The van der Waals surface area contributed by atoms with Gasteiger partial charge in [0.15, 0.2) is 5.16 Å². The second-order valence-corrected chi connectivity index (χ2v) is 5.78. The molecule has 23 heavy (non-hydrogen) atoms. The van der Waals surface area contributed by atoms with E-state index in [1.807, 2.05) is 42.7 Å². The molecule has 3 aromatic rings. The van der Waals surface area contributed by atoms with Crippen molar-refractivity contribution in [2.24, 2.45) is 0 Å². The highest BCUT2D eigenvalue weighted by atomic mass is 32.2. The highest BCUT2D eigenvalue weighted by Crippen LogP contribution is 2.21. The Balaban J connectivity index is 2.27. The number of hydrogen-bond donors (Lipinski definition) is 0. The molecule has 0 aliphatic rings. The molecule has 2 aromatic heterocycles. The zero-order valence-electron chi connectivity index (χ0n) is 13.0. The van der Waals surface area contributed by atoms with E-state index < -0.39 is 0 Å². The van der Waals surface area contributed by atoms with Gasteiger partial charge in [-0.1, -0.05) is 42.1 Å². The van der Waals surface area contributed by atoms with E-state index in [9.17, 15) is 4.79 Å². The fourth-order valence-corrected chi connectivity index (χ4v) is 2.79. The number of nitrogens with zero attached hydrogens (tertiary/aromatic N) is 3. The molecule has 0 spiro atoms. The van der Waals surface area contributed by atoms with Crippen LogP contribution in [0.3, 0.4) is 0 Å². The number of hydrogen-bond acceptors (Lipinski definition) is 5. The topological polar surface area (TPSA) is 57.0 Å². The van der Waals surface area contributed by atoms with Gasteiger partial charge in [0.2, 0.25) is 0 Å². The molecule has 0 unspecified atom stereocenters. The second-order valence-electron chi connectivity index (χ2n) is 5.01. The maximum absolute atomic E-state index is 12.9. The lowest BCUT2D eigenvalue weighted by atomic mass is 10.1. The van der Waals surface area contributed by atoms with Gasteiger partial charge in [-0.15, -0.1) is 0 Å². The van der Waals surface area contributed by atoms with E-state index in [0.29, 0.717) is 29.5 Å². The van der Waals surface area contributed by atoms with Crippen LogP contribution in [0.1, 0.15) is 0 Å². The number of rotatable bonds is 5. The minimum Gasteiger partial charge on any atom is -0.383 e. The largest absolute Gasteiger partial charge is 0.383 e. The van der Waals surface area contributed by atoms with Gasteiger partial charge < -0.3 is 4.74 Å². The first-order valence-corrected chi connectivity index (χ1v) is 8.46. The third kappa shape index (κ3) is 3.13. The molecule has 0 fully saturated rings. The molecule has 0 saturated heterocycles. The Hall–Kier alpha value is -2.18. The quantitative estimate of drug-likeness (QED) is 0.533. The Morgan fingerprint density at radius 1 is 1.26 bits per heavy atom. The summed E-state index contributed by atoms with van der Waals surface area (Å²) in [5.74, 6) is 0. The Morgan fingerprint density at radius 2 is 2.04 bits per heavy atom. The van der Waals surface area contributed by atoms with E-state index in [-0.39, 0.29) is 5.56 Å². The van der Waals surface area contributed by atoms with Gasteiger partial charge in [-0.05, 0) is 17.9 Å². The second kappa shape index (κ2) is 6.93. The van der Waals surface area contributed by atoms with Crippen molar-refractivity contribution in [3.05, 3.63) is 52.9 Å². The summed E-state index contributed by atoms with van der Waals surface area (Å²) >= 11 is 1.45. The van der Waals surface area contributed by atoms with Gasteiger partial charge >= 0.3 is 0 Å². The first kappa shape index (κ1) is 15.7. The van der Waals surface area contributed by atoms with Crippen molar-refractivity contribution in [3.63, 3.8) is 0 Å². The molecule has 0 aliphatic carbocycles. The van der Waals surface area contributed by atoms with Gasteiger partial charge in [-0.2, -0.15) is 0 Å². The summed E-state index contributed by atoms with van der Waals surface area (Å²) in [7, 11) is 1.62. The summed E-state index contributed by atoms with van der Waals surface area (Å²) in [5.41, 5.74) is 2.12. The molecule has 1 aromatic carbocycles. The minimum absolute atomic E-state index is 0.0634. The molecule has 3 rings (SSSR count). The van der Waals surface area contributed by atoms with Gasteiger partial charge in [0.05, 0.1) is 13.2 Å². The first-order valence-electron chi connectivity index (χ1n) is 7.23. The van der Waals surface area contributed by atoms with Crippen LogP contribution in [0.2, 0.25) is 0 Å². The monoisotopic (exact) mass is 327 g/mol. The standard InChI is InChI=1S/C17H17N3O2S/c1-22-9-8-20-15-13(11-18-17(19-15)23-2)10-14(16(20)21)12-6-4-3-5-7-12/h3-7,10-11H,8-9H2,1-2H3. The smallest absolute Gasteiger partial charge is 0.260 e. The van der Waals surface area contributed by atoms with Crippen LogP contribution < -0.4 is 5.56 Å². The van der Waals surface area contributed by atoms with Crippen molar-refractivity contribution in [2.75, 3.05) is 20.0 Å². The van der Waals surface area contributed by atoms with E-state index in [2.05, 4.69) is 9.97 Å². The van der Waals surface area contributed by atoms with Crippen LogP contribution in [-0.2, 0) is 11.3 Å². The van der Waals surface area contributed by atoms with Gasteiger partial charge in [0, 0.05) is 24.3 Å². The molecule has 118 valence electrons. The van der Waals surface area contributed by atoms with E-state index in [4.69, 9.17) is 4.74 Å². The lowest BCUT2D eigenvalue weighted by molar-refractivity contribution is 0.187. The van der Waals surface area contributed by atoms with Crippen molar-refractivity contribution >= 4 is 22.8 Å². The van der Waals surface area contributed by atoms with E-state index in [1.165, 1.54) is 11.8 Å². The summed E-state index contributed by atoms with van der Waals surface area (Å²) in [6.45, 7) is 0.906. The summed E-state index contributed by atoms with van der Waals surface area (Å²) in [6.07, 6.45) is 3.68. The lowest BCUT2D eigenvalue weighted by Crippen LogP contribution is -2.25. The van der Waals surface area contributed by atoms with E-state index in [0.717, 1.165) is 10.9 Å². The molecule has 5 nitrogen and oxygen atoms in total. The van der Waals surface area contributed by atoms with Crippen LogP contribution in [0.5, 0.6) is 0 Å². The molecule has 0 saturated carbocycles. The highest BCUT2D eigenvalue weighted by molar-refractivity contribution is 7.98. The normalized spacial score (nSPS) is 11.0. The summed E-state index contributed by atoms with van der Waals surface area (Å²) in [4.78, 5) is 21.7. The fourth-order valence-electron chi connectivity index (χ4n) is 2.46. The van der Waals surface area contributed by atoms with Crippen LogP contribution >= 0.6 is 11.8 Å². The van der Waals surface area contributed by atoms with Gasteiger partial charge in [-0.25, -0.2) is 9.97 Å². The van der Waals surface area contributed by atoms with E-state index >= 15 is 0 Å². The molecule has 0 aliphatic heterocycles. The minimum atomic E-state index is -0.0634. The van der Waals surface area contributed by atoms with Crippen molar-refractivity contribution in [2.45, 2.75) is 11.7 Å². The van der Waals surface area contributed by atoms with Gasteiger partial charge in [0.1, 0.15) is 5.65 Å². The van der Waals surface area contributed by atoms with Crippen molar-refractivity contribution in [1.82, 2.24) is 14.5 Å². The molecule has 6 heteroatoms. The Labute approximate surface area is 138 Å². The molecule has 0 atom stereocenters. The lowest BCUT2D eigenvalue weighted by Gasteiger charge is -2.12. The number of ether oxygens (including phenoxy) is 1. The average molecular weight is 327 g/mol. The third-order valence-corrected chi connectivity index (χ3v) is 4.15. The molecule has 2 heterocycles. The van der Waals surface area contributed by atoms with Crippen LogP contribution in [0, 0.1) is 0 Å².